The van der Waals surface area contributed by atoms with Crippen LogP contribution in [0, 0.1) is 13.8 Å². The molecule has 0 saturated heterocycles. The molecular formula is C23H22N2O2S. The van der Waals surface area contributed by atoms with Gasteiger partial charge in [-0.25, -0.2) is 4.98 Å². The lowest BCUT2D eigenvalue weighted by atomic mass is 10.1. The summed E-state index contributed by atoms with van der Waals surface area (Å²) < 4.78 is 5.30. The molecule has 0 spiro atoms. The quantitative estimate of drug-likeness (QED) is 0.446. The first-order valence-electron chi connectivity index (χ1n) is 9.27. The lowest BCUT2D eigenvalue weighted by molar-refractivity contribution is 0.0992. The van der Waals surface area contributed by atoms with Gasteiger partial charge in [0.15, 0.2) is 0 Å². The molecule has 0 aliphatic carbocycles. The van der Waals surface area contributed by atoms with Gasteiger partial charge in [0.2, 0.25) is 0 Å². The zero-order valence-electron chi connectivity index (χ0n) is 16.4. The topological polar surface area (TPSA) is 42.4 Å². The third kappa shape index (κ3) is 3.22. The summed E-state index contributed by atoms with van der Waals surface area (Å²) in [5.74, 6) is 0.808. The molecule has 0 fully saturated rings. The van der Waals surface area contributed by atoms with E-state index in [0.29, 0.717) is 11.4 Å². The molecule has 2 aromatic carbocycles. The van der Waals surface area contributed by atoms with Crippen LogP contribution in [0.15, 0.2) is 48.5 Å². The highest BCUT2D eigenvalue weighted by Crippen LogP contribution is 2.31. The Kier molecular flexibility index (Phi) is 4.77. The zero-order chi connectivity index (χ0) is 19.8. The number of carbonyl (C=O) groups excluding carboxylic acids is 1. The maximum absolute atomic E-state index is 13.2. The lowest BCUT2D eigenvalue weighted by Crippen LogP contribution is -2.30. The Bertz CT molecular complexity index is 1200. The Balaban J connectivity index is 1.75. The van der Waals surface area contributed by atoms with Crippen LogP contribution in [-0.4, -0.2) is 24.5 Å². The van der Waals surface area contributed by atoms with E-state index in [1.165, 1.54) is 22.5 Å². The Morgan fingerprint density at radius 3 is 2.57 bits per heavy atom. The maximum Gasteiger partial charge on any atom is 0.268 e. The van der Waals surface area contributed by atoms with Crippen LogP contribution >= 0.6 is 11.3 Å². The molecule has 0 N–H and O–H groups in total. The fraction of sp³-hybridized carbons (Fsp3) is 0.217. The maximum atomic E-state index is 13.2. The molecule has 28 heavy (non-hydrogen) atoms. The van der Waals surface area contributed by atoms with Crippen molar-refractivity contribution in [2.45, 2.75) is 20.8 Å². The number of hydrogen-bond donors (Lipinski definition) is 0. The monoisotopic (exact) mass is 390 g/mol. The van der Waals surface area contributed by atoms with E-state index in [-0.39, 0.29) is 5.91 Å². The van der Waals surface area contributed by atoms with Crippen LogP contribution in [0.5, 0.6) is 5.75 Å². The van der Waals surface area contributed by atoms with Gasteiger partial charge in [-0.1, -0.05) is 6.07 Å². The van der Waals surface area contributed by atoms with Gasteiger partial charge < -0.3 is 9.64 Å². The Morgan fingerprint density at radius 2 is 1.86 bits per heavy atom. The van der Waals surface area contributed by atoms with Crippen molar-refractivity contribution in [3.05, 3.63) is 64.5 Å². The number of benzene rings is 2. The van der Waals surface area contributed by atoms with E-state index in [4.69, 9.17) is 9.72 Å². The summed E-state index contributed by atoms with van der Waals surface area (Å²) in [7, 11) is 1.65. The van der Waals surface area contributed by atoms with E-state index in [0.717, 1.165) is 32.6 Å². The summed E-state index contributed by atoms with van der Waals surface area (Å²) in [6, 6.07) is 16.0. The van der Waals surface area contributed by atoms with Crippen LogP contribution in [0.25, 0.3) is 21.1 Å². The van der Waals surface area contributed by atoms with Gasteiger partial charge in [0, 0.05) is 23.0 Å². The Labute approximate surface area is 168 Å². The third-order valence-corrected chi connectivity index (χ3v) is 6.11. The van der Waals surface area contributed by atoms with Gasteiger partial charge in [0.1, 0.15) is 10.6 Å². The van der Waals surface area contributed by atoms with Crippen molar-refractivity contribution in [3.8, 4) is 5.75 Å². The molecular weight excluding hydrogens is 368 g/mol. The van der Waals surface area contributed by atoms with Gasteiger partial charge in [-0.2, -0.15) is 0 Å². The summed E-state index contributed by atoms with van der Waals surface area (Å²) in [5, 5.41) is 1.98. The highest BCUT2D eigenvalue weighted by atomic mass is 32.1. The SMILES string of the molecule is CCN(C(=O)c1cc2cc3cc(OC)ccc3nc2s1)c1ccc(C)c(C)c1. The number of thiophene rings is 1. The van der Waals surface area contributed by atoms with Crippen molar-refractivity contribution >= 4 is 44.1 Å². The van der Waals surface area contributed by atoms with E-state index < -0.39 is 0 Å². The molecule has 1 amide bonds. The van der Waals surface area contributed by atoms with Gasteiger partial charge >= 0.3 is 0 Å². The molecule has 0 radical (unpaired) electrons. The highest BCUT2D eigenvalue weighted by molar-refractivity contribution is 7.20. The number of nitrogens with zero attached hydrogens (tertiary/aromatic N) is 2. The Hall–Kier alpha value is -2.92. The summed E-state index contributed by atoms with van der Waals surface area (Å²) >= 11 is 1.44. The van der Waals surface area contributed by atoms with Crippen molar-refractivity contribution in [1.29, 1.82) is 0 Å². The standard InChI is InChI=1S/C23H22N2O2S/c1-5-25(18-7-6-14(2)15(3)10-18)23(26)21-13-17-11-16-12-19(27-4)8-9-20(16)24-22(17)28-21/h6-13H,5H2,1-4H3. The van der Waals surface area contributed by atoms with Crippen molar-refractivity contribution in [3.63, 3.8) is 0 Å². The summed E-state index contributed by atoms with van der Waals surface area (Å²) in [5.41, 5.74) is 4.23. The van der Waals surface area contributed by atoms with E-state index in [2.05, 4.69) is 32.0 Å². The molecule has 0 saturated carbocycles. The van der Waals surface area contributed by atoms with Crippen LogP contribution < -0.4 is 9.64 Å². The van der Waals surface area contributed by atoms with Crippen LogP contribution in [0.2, 0.25) is 0 Å². The van der Waals surface area contributed by atoms with E-state index in [1.54, 1.807) is 7.11 Å². The van der Waals surface area contributed by atoms with Gasteiger partial charge in [0.05, 0.1) is 17.5 Å². The summed E-state index contributed by atoms with van der Waals surface area (Å²) in [6.45, 7) is 6.76. The first-order valence-corrected chi connectivity index (χ1v) is 10.1. The van der Waals surface area contributed by atoms with E-state index in [1.807, 2.05) is 42.2 Å². The van der Waals surface area contributed by atoms with Gasteiger partial charge in [0.25, 0.3) is 5.91 Å². The molecule has 4 nitrogen and oxygen atoms in total. The van der Waals surface area contributed by atoms with Crippen LogP contribution in [0.1, 0.15) is 27.7 Å². The first kappa shape index (κ1) is 18.4. The number of rotatable bonds is 4. The molecule has 2 aromatic heterocycles. The minimum absolute atomic E-state index is 0.00962. The number of amides is 1. The number of methoxy groups -OCH3 is 1. The zero-order valence-corrected chi connectivity index (χ0v) is 17.3. The van der Waals surface area contributed by atoms with Crippen LogP contribution in [-0.2, 0) is 0 Å². The number of aryl methyl sites for hydroxylation is 2. The third-order valence-electron chi connectivity index (χ3n) is 5.08. The second-order valence-electron chi connectivity index (χ2n) is 6.87. The van der Waals surface area contributed by atoms with Crippen LogP contribution in [0.4, 0.5) is 5.69 Å². The number of fused-ring (bicyclic) bond motifs is 2. The molecule has 0 atom stereocenters. The molecule has 2 heterocycles. The molecule has 0 aliphatic heterocycles. The lowest BCUT2D eigenvalue weighted by Gasteiger charge is -2.21. The van der Waals surface area contributed by atoms with E-state index in [9.17, 15) is 4.79 Å². The van der Waals surface area contributed by atoms with Crippen molar-refractivity contribution in [2.24, 2.45) is 0 Å². The number of pyridine rings is 1. The largest absolute Gasteiger partial charge is 0.497 e. The normalized spacial score (nSPS) is 11.1. The Morgan fingerprint density at radius 1 is 1.04 bits per heavy atom. The number of hydrogen-bond acceptors (Lipinski definition) is 4. The number of carbonyl (C=O) groups is 1. The number of aromatic nitrogens is 1. The molecule has 4 aromatic rings. The predicted octanol–water partition coefficient (Wildman–Crippen LogP) is 5.74. The average molecular weight is 391 g/mol. The fourth-order valence-corrected chi connectivity index (χ4v) is 4.29. The first-order chi connectivity index (χ1) is 13.5. The van der Waals surface area contributed by atoms with Crippen molar-refractivity contribution < 1.29 is 9.53 Å². The average Bonchev–Trinajstić information content (AvgIpc) is 3.11. The van der Waals surface area contributed by atoms with Crippen LogP contribution in [0.3, 0.4) is 0 Å². The summed E-state index contributed by atoms with van der Waals surface area (Å²) in [6.07, 6.45) is 0. The summed E-state index contributed by atoms with van der Waals surface area (Å²) in [4.78, 5) is 21.3. The van der Waals surface area contributed by atoms with Gasteiger partial charge in [-0.05, 0) is 74.4 Å². The number of anilines is 1. The minimum Gasteiger partial charge on any atom is -0.497 e. The molecule has 0 bridgehead atoms. The smallest absolute Gasteiger partial charge is 0.268 e. The second kappa shape index (κ2) is 7.24. The highest BCUT2D eigenvalue weighted by Gasteiger charge is 2.19. The van der Waals surface area contributed by atoms with Gasteiger partial charge in [-0.15, -0.1) is 11.3 Å². The molecule has 0 unspecified atom stereocenters. The fourth-order valence-electron chi connectivity index (χ4n) is 3.32. The minimum atomic E-state index is 0.00962. The van der Waals surface area contributed by atoms with Crippen molar-refractivity contribution in [2.75, 3.05) is 18.6 Å². The second-order valence-corrected chi connectivity index (χ2v) is 7.90. The molecule has 142 valence electrons. The molecule has 4 rings (SSSR count). The van der Waals surface area contributed by atoms with E-state index >= 15 is 0 Å². The van der Waals surface area contributed by atoms with Crippen molar-refractivity contribution in [1.82, 2.24) is 4.98 Å². The van der Waals surface area contributed by atoms with Gasteiger partial charge in [-0.3, -0.25) is 4.79 Å². The predicted molar refractivity (Wildman–Crippen MR) is 117 cm³/mol. The number of ether oxygens (including phenoxy) is 1. The molecule has 5 heteroatoms. The molecule has 0 aliphatic rings.